The molecular weight excluding hydrogens is 314 g/mol. The summed E-state index contributed by atoms with van der Waals surface area (Å²) in [4.78, 5) is 19.1. The minimum absolute atomic E-state index is 0.240. The van der Waals surface area contributed by atoms with Crippen molar-refractivity contribution in [2.45, 2.75) is 77.7 Å². The molecule has 0 spiro atoms. The number of hydrogen-bond acceptors (Lipinski definition) is 5. The molecule has 0 radical (unpaired) electrons. The van der Waals surface area contributed by atoms with Crippen molar-refractivity contribution in [2.24, 2.45) is 5.92 Å². The number of hydrogen-bond donors (Lipinski definition) is 1. The van der Waals surface area contributed by atoms with E-state index >= 15 is 0 Å². The Morgan fingerprint density at radius 2 is 1.72 bits per heavy atom. The van der Waals surface area contributed by atoms with Gasteiger partial charge in [0.15, 0.2) is 0 Å². The summed E-state index contributed by atoms with van der Waals surface area (Å²) in [5.41, 5.74) is 2.06. The van der Waals surface area contributed by atoms with Crippen molar-refractivity contribution in [1.82, 2.24) is 20.5 Å². The molecule has 1 aliphatic heterocycles. The summed E-state index contributed by atoms with van der Waals surface area (Å²) in [5.74, 6) is 1.60. The molecule has 1 N–H and O–H groups in total. The van der Waals surface area contributed by atoms with Gasteiger partial charge in [0.05, 0.1) is 11.4 Å². The second-order valence-electron chi connectivity index (χ2n) is 7.40. The van der Waals surface area contributed by atoms with Crippen LogP contribution in [0.25, 0.3) is 0 Å². The van der Waals surface area contributed by atoms with E-state index < -0.39 is 0 Å². The van der Waals surface area contributed by atoms with Crippen LogP contribution in [0.2, 0.25) is 0 Å². The van der Waals surface area contributed by atoms with Crippen molar-refractivity contribution >= 4 is 11.9 Å². The zero-order valence-electron chi connectivity index (χ0n) is 15.6. The quantitative estimate of drug-likeness (QED) is 0.858. The van der Waals surface area contributed by atoms with Gasteiger partial charge in [-0.15, -0.1) is 5.10 Å². The third-order valence-corrected chi connectivity index (χ3v) is 5.59. The van der Waals surface area contributed by atoms with Crippen molar-refractivity contribution in [3.63, 3.8) is 0 Å². The van der Waals surface area contributed by atoms with E-state index in [1.165, 1.54) is 25.7 Å². The number of amides is 1. The third kappa shape index (κ3) is 4.67. The van der Waals surface area contributed by atoms with Crippen LogP contribution < -0.4 is 10.2 Å². The van der Waals surface area contributed by atoms with Gasteiger partial charge in [0.2, 0.25) is 11.9 Å². The Kier molecular flexibility index (Phi) is 6.21. The maximum Gasteiger partial charge on any atom is 0.245 e. The molecule has 0 atom stereocenters. The molecule has 138 valence electrons. The van der Waals surface area contributed by atoms with Crippen molar-refractivity contribution in [3.05, 3.63) is 11.4 Å². The van der Waals surface area contributed by atoms with Gasteiger partial charge in [-0.3, -0.25) is 4.79 Å². The zero-order valence-corrected chi connectivity index (χ0v) is 15.6. The number of piperidine rings is 1. The fourth-order valence-corrected chi connectivity index (χ4v) is 4.05. The lowest BCUT2D eigenvalue weighted by Crippen LogP contribution is -2.45. The molecule has 0 bridgehead atoms. The second-order valence-corrected chi connectivity index (χ2v) is 7.40. The molecule has 2 fully saturated rings. The largest absolute Gasteiger partial charge is 0.353 e. The highest BCUT2D eigenvalue weighted by atomic mass is 16.1. The first-order valence-corrected chi connectivity index (χ1v) is 9.96. The van der Waals surface area contributed by atoms with E-state index in [0.717, 1.165) is 56.1 Å². The van der Waals surface area contributed by atoms with Gasteiger partial charge in [0.25, 0.3) is 0 Å². The maximum absolute atomic E-state index is 12.2. The Morgan fingerprint density at radius 3 is 2.36 bits per heavy atom. The highest BCUT2D eigenvalue weighted by Gasteiger charge is 2.25. The Morgan fingerprint density at radius 1 is 1.04 bits per heavy atom. The second kappa shape index (κ2) is 8.59. The van der Waals surface area contributed by atoms with E-state index in [-0.39, 0.29) is 5.91 Å². The molecule has 1 amide bonds. The smallest absolute Gasteiger partial charge is 0.245 e. The number of carbonyl (C=O) groups is 1. The van der Waals surface area contributed by atoms with Gasteiger partial charge in [-0.2, -0.15) is 5.10 Å². The fourth-order valence-electron chi connectivity index (χ4n) is 4.05. The number of nitrogens with zero attached hydrogens (tertiary/aromatic N) is 4. The zero-order chi connectivity index (χ0) is 17.6. The van der Waals surface area contributed by atoms with E-state index in [2.05, 4.69) is 34.3 Å². The number of carbonyl (C=O) groups excluding carboxylic acids is 1. The molecule has 1 saturated carbocycles. The minimum Gasteiger partial charge on any atom is -0.353 e. The van der Waals surface area contributed by atoms with Crippen LogP contribution >= 0.6 is 0 Å². The molecule has 6 heteroatoms. The average Bonchev–Trinajstić information content (AvgIpc) is 3.14. The van der Waals surface area contributed by atoms with Crippen LogP contribution in [0.3, 0.4) is 0 Å². The van der Waals surface area contributed by atoms with Crippen molar-refractivity contribution in [2.75, 3.05) is 18.0 Å². The Labute approximate surface area is 150 Å². The number of aryl methyl sites for hydroxylation is 2. The molecule has 1 aromatic heterocycles. The van der Waals surface area contributed by atoms with E-state index in [4.69, 9.17) is 4.98 Å². The molecular formula is C19H31N5O. The van der Waals surface area contributed by atoms with E-state index in [9.17, 15) is 4.79 Å². The van der Waals surface area contributed by atoms with E-state index in [1.807, 2.05) is 0 Å². The molecule has 1 saturated heterocycles. The molecule has 2 heterocycles. The number of aromatic nitrogens is 3. The first-order valence-electron chi connectivity index (χ1n) is 9.96. The van der Waals surface area contributed by atoms with Crippen molar-refractivity contribution in [1.29, 1.82) is 0 Å². The summed E-state index contributed by atoms with van der Waals surface area (Å²) in [6.45, 7) is 5.96. The molecule has 0 unspecified atom stereocenters. The van der Waals surface area contributed by atoms with Crippen LogP contribution in [-0.4, -0.2) is 40.2 Å². The topological polar surface area (TPSA) is 71.0 Å². The number of nitrogens with one attached hydrogen (secondary N) is 1. The van der Waals surface area contributed by atoms with Gasteiger partial charge in [-0.25, -0.2) is 4.98 Å². The summed E-state index contributed by atoms with van der Waals surface area (Å²) in [5, 5.41) is 11.9. The Balaban J connectivity index is 1.49. The van der Waals surface area contributed by atoms with Gasteiger partial charge in [-0.1, -0.05) is 26.7 Å². The average molecular weight is 345 g/mol. The van der Waals surface area contributed by atoms with Crippen LogP contribution in [-0.2, 0) is 17.6 Å². The van der Waals surface area contributed by atoms with Crippen molar-refractivity contribution < 1.29 is 4.79 Å². The van der Waals surface area contributed by atoms with Gasteiger partial charge in [0, 0.05) is 25.6 Å². The first kappa shape index (κ1) is 18.1. The standard InChI is InChI=1S/C19H31N5O/c1-3-16-17(4-2)22-23-19(21-16)24-11-9-15(10-12-24)20-18(25)13-14-7-5-6-8-14/h14-15H,3-13H2,1-2H3,(H,20,25). The molecule has 3 rings (SSSR count). The summed E-state index contributed by atoms with van der Waals surface area (Å²) < 4.78 is 0. The molecule has 6 nitrogen and oxygen atoms in total. The van der Waals surface area contributed by atoms with Gasteiger partial charge in [0.1, 0.15) is 0 Å². The SMILES string of the molecule is CCc1nnc(N2CCC(NC(=O)CC3CCCC3)CC2)nc1CC. The predicted octanol–water partition coefficient (Wildman–Crippen LogP) is 2.66. The highest BCUT2D eigenvalue weighted by molar-refractivity contribution is 5.76. The predicted molar refractivity (Wildman–Crippen MR) is 98.5 cm³/mol. The molecule has 1 aromatic rings. The fraction of sp³-hybridized carbons (Fsp3) is 0.789. The Bertz CT molecular complexity index is 577. The van der Waals surface area contributed by atoms with Gasteiger partial charge < -0.3 is 10.2 Å². The lowest BCUT2D eigenvalue weighted by atomic mass is 10.0. The summed E-state index contributed by atoms with van der Waals surface area (Å²) in [7, 11) is 0. The lowest BCUT2D eigenvalue weighted by Gasteiger charge is -2.32. The van der Waals surface area contributed by atoms with Gasteiger partial charge in [-0.05, 0) is 44.4 Å². The molecule has 2 aliphatic rings. The molecule has 0 aromatic carbocycles. The highest BCUT2D eigenvalue weighted by Crippen LogP contribution is 2.27. The lowest BCUT2D eigenvalue weighted by molar-refractivity contribution is -0.122. The van der Waals surface area contributed by atoms with E-state index in [1.54, 1.807) is 0 Å². The molecule has 25 heavy (non-hydrogen) atoms. The van der Waals surface area contributed by atoms with Crippen LogP contribution in [0, 0.1) is 5.92 Å². The molecule has 1 aliphatic carbocycles. The van der Waals surface area contributed by atoms with Gasteiger partial charge >= 0.3 is 0 Å². The normalized spacial score (nSPS) is 19.4. The van der Waals surface area contributed by atoms with Crippen LogP contribution in [0.4, 0.5) is 5.95 Å². The maximum atomic E-state index is 12.2. The van der Waals surface area contributed by atoms with Crippen molar-refractivity contribution in [3.8, 4) is 0 Å². The summed E-state index contributed by atoms with van der Waals surface area (Å²) in [6.07, 6.45) is 9.42. The van der Waals surface area contributed by atoms with Crippen LogP contribution in [0.15, 0.2) is 0 Å². The van der Waals surface area contributed by atoms with Crippen LogP contribution in [0.1, 0.15) is 70.2 Å². The van der Waals surface area contributed by atoms with E-state index in [0.29, 0.717) is 18.4 Å². The summed E-state index contributed by atoms with van der Waals surface area (Å²) in [6, 6.07) is 0.290. The monoisotopic (exact) mass is 345 g/mol. The number of anilines is 1. The Hall–Kier alpha value is -1.72. The van der Waals surface area contributed by atoms with Crippen LogP contribution in [0.5, 0.6) is 0 Å². The third-order valence-electron chi connectivity index (χ3n) is 5.59. The first-order chi connectivity index (χ1) is 12.2. The minimum atomic E-state index is 0.240. The number of rotatable bonds is 6. The summed E-state index contributed by atoms with van der Waals surface area (Å²) >= 11 is 0.